The van der Waals surface area contributed by atoms with Crippen LogP contribution in [0.15, 0.2) is 18.2 Å². The minimum atomic E-state index is -3.09. The van der Waals surface area contributed by atoms with E-state index < -0.39 is 9.84 Å². The predicted octanol–water partition coefficient (Wildman–Crippen LogP) is 2.28. The minimum absolute atomic E-state index is 0.0194. The van der Waals surface area contributed by atoms with Crippen molar-refractivity contribution >= 4 is 33.0 Å². The molecule has 0 bridgehead atoms. The summed E-state index contributed by atoms with van der Waals surface area (Å²) in [6, 6.07) is 4.62. The molecule has 0 aromatic heterocycles. The number of nitrogens with zero attached hydrogens (tertiary/aromatic N) is 1. The maximum atomic E-state index is 12.3. The van der Waals surface area contributed by atoms with Gasteiger partial charge in [-0.15, -0.1) is 0 Å². The quantitative estimate of drug-likeness (QED) is 0.849. The van der Waals surface area contributed by atoms with E-state index in [1.54, 1.807) is 25.1 Å². The molecule has 1 aliphatic rings. The average Bonchev–Trinajstić information content (AvgIpc) is 2.79. The molecule has 1 heterocycles. The number of hydrogen-bond donors (Lipinski definition) is 0. The second kappa shape index (κ2) is 6.23. The summed E-state index contributed by atoms with van der Waals surface area (Å²) in [5, 5.41) is 0.473. The number of hydrogen-bond acceptors (Lipinski definition) is 4. The molecule has 21 heavy (non-hydrogen) atoms. The number of halogens is 1. The van der Waals surface area contributed by atoms with E-state index in [0.717, 1.165) is 0 Å². The molecule has 1 aliphatic heterocycles. The fourth-order valence-corrected chi connectivity index (χ4v) is 4.40. The first-order chi connectivity index (χ1) is 9.88. The summed E-state index contributed by atoms with van der Waals surface area (Å²) in [6.07, 6.45) is 0.718. The average molecular weight is 332 g/mol. The lowest BCUT2D eigenvalue weighted by molar-refractivity contribution is -0.118. The topological polar surface area (TPSA) is 63.7 Å². The van der Waals surface area contributed by atoms with Crippen molar-refractivity contribution in [3.63, 3.8) is 0 Å². The van der Waals surface area contributed by atoms with Crippen LogP contribution in [0, 0.1) is 0 Å². The van der Waals surface area contributed by atoms with Crippen LogP contribution in [-0.2, 0) is 14.6 Å². The van der Waals surface area contributed by atoms with Gasteiger partial charge in [0.2, 0.25) is 5.91 Å². The zero-order valence-corrected chi connectivity index (χ0v) is 13.6. The van der Waals surface area contributed by atoms with E-state index in [-0.39, 0.29) is 29.9 Å². The van der Waals surface area contributed by atoms with Crippen molar-refractivity contribution in [2.24, 2.45) is 0 Å². The first kappa shape index (κ1) is 16.1. The number of amides is 1. The maximum Gasteiger partial charge on any atom is 0.227 e. The number of carbonyl (C=O) groups is 1. The fraction of sp³-hybridized carbons (Fsp3) is 0.500. The van der Waals surface area contributed by atoms with E-state index in [0.29, 0.717) is 22.9 Å². The zero-order chi connectivity index (χ0) is 15.6. The molecule has 0 saturated carbocycles. The number of sulfone groups is 1. The number of carbonyl (C=O) groups excluding carboxylic acids is 1. The van der Waals surface area contributed by atoms with Gasteiger partial charge in [-0.3, -0.25) is 4.79 Å². The molecule has 0 spiro atoms. The highest BCUT2D eigenvalue weighted by Crippen LogP contribution is 2.35. The Bertz CT molecular complexity index is 644. The molecule has 0 radical (unpaired) electrons. The number of methoxy groups -OCH3 is 1. The van der Waals surface area contributed by atoms with Gasteiger partial charge in [0.15, 0.2) is 9.84 Å². The summed E-state index contributed by atoms with van der Waals surface area (Å²) in [4.78, 5) is 13.8. The van der Waals surface area contributed by atoms with Gasteiger partial charge in [0.1, 0.15) is 5.75 Å². The molecule has 116 valence electrons. The van der Waals surface area contributed by atoms with Crippen LogP contribution in [0.1, 0.15) is 19.8 Å². The molecule has 1 unspecified atom stereocenters. The minimum Gasteiger partial charge on any atom is -0.495 e. The lowest BCUT2D eigenvalue weighted by atomic mass is 10.1. The molecule has 7 heteroatoms. The van der Waals surface area contributed by atoms with E-state index in [9.17, 15) is 13.2 Å². The van der Waals surface area contributed by atoms with Crippen LogP contribution in [0.3, 0.4) is 0 Å². The Morgan fingerprint density at radius 2 is 2.19 bits per heavy atom. The van der Waals surface area contributed by atoms with Crippen LogP contribution in [-0.4, -0.2) is 39.0 Å². The standard InChI is InChI=1S/C14H18ClNO4S/c1-3-14(17)16(11-6-7-21(18,19)9-11)12-8-10(15)4-5-13(12)20-2/h4-5,8,11H,3,6-7,9H2,1-2H3. The Morgan fingerprint density at radius 3 is 2.71 bits per heavy atom. The molecule has 1 saturated heterocycles. The Morgan fingerprint density at radius 1 is 1.48 bits per heavy atom. The number of benzene rings is 1. The van der Waals surface area contributed by atoms with Gasteiger partial charge in [0.05, 0.1) is 30.3 Å². The van der Waals surface area contributed by atoms with Crippen molar-refractivity contribution in [2.75, 3.05) is 23.5 Å². The van der Waals surface area contributed by atoms with Gasteiger partial charge < -0.3 is 9.64 Å². The van der Waals surface area contributed by atoms with Crippen LogP contribution in [0.2, 0.25) is 5.02 Å². The number of anilines is 1. The molecule has 1 atom stereocenters. The molecular formula is C14H18ClNO4S. The Kier molecular flexibility index (Phi) is 4.78. The summed E-state index contributed by atoms with van der Waals surface area (Å²) in [7, 11) is -1.58. The van der Waals surface area contributed by atoms with Crippen molar-refractivity contribution in [2.45, 2.75) is 25.8 Å². The Labute approximate surface area is 129 Å². The van der Waals surface area contributed by atoms with E-state index in [4.69, 9.17) is 16.3 Å². The van der Waals surface area contributed by atoms with Gasteiger partial charge in [0, 0.05) is 11.4 Å². The molecule has 5 nitrogen and oxygen atoms in total. The molecular weight excluding hydrogens is 314 g/mol. The van der Waals surface area contributed by atoms with Crippen molar-refractivity contribution < 1.29 is 17.9 Å². The van der Waals surface area contributed by atoms with Gasteiger partial charge in [-0.2, -0.15) is 0 Å². The van der Waals surface area contributed by atoms with E-state index in [2.05, 4.69) is 0 Å². The zero-order valence-electron chi connectivity index (χ0n) is 12.0. The predicted molar refractivity (Wildman–Crippen MR) is 82.8 cm³/mol. The highest BCUT2D eigenvalue weighted by atomic mass is 35.5. The van der Waals surface area contributed by atoms with E-state index >= 15 is 0 Å². The Balaban J connectivity index is 2.46. The SMILES string of the molecule is CCC(=O)N(c1cc(Cl)ccc1OC)C1CCS(=O)(=O)C1. The molecule has 1 amide bonds. The third kappa shape index (κ3) is 3.49. The van der Waals surface area contributed by atoms with Crippen molar-refractivity contribution in [1.82, 2.24) is 0 Å². The lowest BCUT2D eigenvalue weighted by Gasteiger charge is -2.29. The van der Waals surface area contributed by atoms with Crippen LogP contribution in [0.25, 0.3) is 0 Å². The van der Waals surface area contributed by atoms with Crippen LogP contribution in [0.4, 0.5) is 5.69 Å². The van der Waals surface area contributed by atoms with Crippen LogP contribution in [0.5, 0.6) is 5.75 Å². The molecule has 0 aliphatic carbocycles. The van der Waals surface area contributed by atoms with Crippen LogP contribution >= 0.6 is 11.6 Å². The lowest BCUT2D eigenvalue weighted by Crippen LogP contribution is -2.41. The number of rotatable bonds is 4. The van der Waals surface area contributed by atoms with Crippen molar-refractivity contribution in [3.05, 3.63) is 23.2 Å². The summed E-state index contributed by atoms with van der Waals surface area (Å²) < 4.78 is 28.7. The largest absolute Gasteiger partial charge is 0.495 e. The first-order valence-corrected chi connectivity index (χ1v) is 8.94. The smallest absolute Gasteiger partial charge is 0.227 e. The third-order valence-corrected chi connectivity index (χ3v) is 5.53. The van der Waals surface area contributed by atoms with Crippen LogP contribution < -0.4 is 9.64 Å². The van der Waals surface area contributed by atoms with E-state index in [1.807, 2.05) is 0 Å². The second-order valence-electron chi connectivity index (χ2n) is 4.99. The maximum absolute atomic E-state index is 12.3. The first-order valence-electron chi connectivity index (χ1n) is 6.74. The summed E-state index contributed by atoms with van der Waals surface area (Å²) >= 11 is 6.02. The highest BCUT2D eigenvalue weighted by molar-refractivity contribution is 7.91. The summed E-state index contributed by atoms with van der Waals surface area (Å²) in [5.41, 5.74) is 0.527. The molecule has 1 fully saturated rings. The van der Waals surface area contributed by atoms with Gasteiger partial charge in [-0.05, 0) is 24.6 Å². The normalized spacial score (nSPS) is 20.2. The Hall–Kier alpha value is -1.27. The fourth-order valence-electron chi connectivity index (χ4n) is 2.54. The second-order valence-corrected chi connectivity index (χ2v) is 7.66. The molecule has 2 rings (SSSR count). The summed E-state index contributed by atoms with van der Waals surface area (Å²) in [5.74, 6) is 0.450. The van der Waals surface area contributed by atoms with Gasteiger partial charge in [-0.25, -0.2) is 8.42 Å². The van der Waals surface area contributed by atoms with Gasteiger partial charge in [-0.1, -0.05) is 18.5 Å². The molecule has 1 aromatic carbocycles. The molecule has 1 aromatic rings. The van der Waals surface area contributed by atoms with Gasteiger partial charge in [0.25, 0.3) is 0 Å². The highest BCUT2D eigenvalue weighted by Gasteiger charge is 2.36. The molecule has 0 N–H and O–H groups in total. The van der Waals surface area contributed by atoms with E-state index in [1.165, 1.54) is 12.0 Å². The summed E-state index contributed by atoms with van der Waals surface area (Å²) in [6.45, 7) is 1.75. The van der Waals surface area contributed by atoms with Crippen molar-refractivity contribution in [1.29, 1.82) is 0 Å². The third-order valence-electron chi connectivity index (χ3n) is 3.55. The van der Waals surface area contributed by atoms with Gasteiger partial charge >= 0.3 is 0 Å². The number of ether oxygens (including phenoxy) is 1. The van der Waals surface area contributed by atoms with Crippen molar-refractivity contribution in [3.8, 4) is 5.75 Å². The monoisotopic (exact) mass is 331 g/mol.